The highest BCUT2D eigenvalue weighted by Gasteiger charge is 2.46. The van der Waals surface area contributed by atoms with E-state index in [2.05, 4.69) is 26.1 Å². The van der Waals surface area contributed by atoms with Gasteiger partial charge in [-0.2, -0.15) is 0 Å². The van der Waals surface area contributed by atoms with Crippen molar-refractivity contribution in [1.82, 2.24) is 20.8 Å². The third-order valence-corrected chi connectivity index (χ3v) is 4.87. The van der Waals surface area contributed by atoms with Gasteiger partial charge in [-0.3, -0.25) is 30.3 Å². The van der Waals surface area contributed by atoms with Gasteiger partial charge in [0, 0.05) is 30.0 Å². The van der Waals surface area contributed by atoms with Crippen LogP contribution < -0.4 is 27.4 Å². The van der Waals surface area contributed by atoms with Crippen LogP contribution in [0.4, 0.5) is 11.5 Å². The number of nitro groups is 1. The van der Waals surface area contributed by atoms with E-state index < -0.39 is 16.2 Å². The van der Waals surface area contributed by atoms with Crippen LogP contribution in [0.15, 0.2) is 33.9 Å². The number of fused-ring (bicyclic) bond motifs is 2. The Labute approximate surface area is 140 Å². The Hall–Kier alpha value is -2.98. The number of anilines is 1. The Bertz CT molecular complexity index is 950. The minimum atomic E-state index is -0.587. The van der Waals surface area contributed by atoms with Crippen molar-refractivity contribution in [3.8, 4) is 0 Å². The molecule has 0 amide bonds. The number of benzene rings is 1. The number of hydrogen-bond donors (Lipinski definition) is 5. The van der Waals surface area contributed by atoms with Gasteiger partial charge in [0.25, 0.3) is 11.2 Å². The lowest BCUT2D eigenvalue weighted by molar-refractivity contribution is -0.384. The van der Waals surface area contributed by atoms with Crippen LogP contribution >= 0.6 is 0 Å². The van der Waals surface area contributed by atoms with E-state index in [1.807, 2.05) is 6.92 Å². The number of hydrogen-bond acceptors (Lipinski definition) is 7. The van der Waals surface area contributed by atoms with Crippen molar-refractivity contribution >= 4 is 11.5 Å². The standard InChI is InChI=1S/C15H16N6O4/c1-6-9-10(7-2-4-8(5-3-7)21(24)25)11-12(16-13(9)20-19-6)17-15(23)18-14(11)22/h2-6,9-10,13,19-20H,1H3,(H3,16,17,18,22,23). The summed E-state index contributed by atoms with van der Waals surface area (Å²) in [6.45, 7) is 1.99. The number of aromatic amines is 2. The molecule has 1 saturated heterocycles. The molecule has 4 atom stereocenters. The summed E-state index contributed by atoms with van der Waals surface area (Å²) in [6, 6.07) is 6.20. The van der Waals surface area contributed by atoms with Crippen molar-refractivity contribution in [3.05, 3.63) is 66.3 Å². The average molecular weight is 344 g/mol. The fourth-order valence-corrected chi connectivity index (χ4v) is 3.76. The van der Waals surface area contributed by atoms with Crippen molar-refractivity contribution < 1.29 is 4.92 Å². The second-order valence-electron chi connectivity index (χ2n) is 6.30. The summed E-state index contributed by atoms with van der Waals surface area (Å²) in [6.07, 6.45) is -0.194. The number of nitrogens with one attached hydrogen (secondary N) is 5. The van der Waals surface area contributed by atoms with Gasteiger partial charge in [0.2, 0.25) is 0 Å². The van der Waals surface area contributed by atoms with Gasteiger partial charge in [0.1, 0.15) is 5.82 Å². The minimum Gasteiger partial charge on any atom is -0.354 e. The number of rotatable bonds is 2. The van der Waals surface area contributed by atoms with Gasteiger partial charge in [-0.25, -0.2) is 10.2 Å². The lowest BCUT2D eigenvalue weighted by Gasteiger charge is -2.36. The number of H-pyrrole nitrogens is 2. The van der Waals surface area contributed by atoms with E-state index in [1.54, 1.807) is 12.1 Å². The van der Waals surface area contributed by atoms with Crippen LogP contribution in [0.3, 0.4) is 0 Å². The first-order valence-corrected chi connectivity index (χ1v) is 7.84. The second kappa shape index (κ2) is 5.53. The Balaban J connectivity index is 1.90. The molecular formula is C15H16N6O4. The summed E-state index contributed by atoms with van der Waals surface area (Å²) in [7, 11) is 0. The molecule has 130 valence electrons. The van der Waals surface area contributed by atoms with Crippen LogP contribution in [0.1, 0.15) is 24.0 Å². The maximum Gasteiger partial charge on any atom is 0.327 e. The molecule has 5 N–H and O–H groups in total. The molecule has 4 unspecified atom stereocenters. The van der Waals surface area contributed by atoms with Crippen molar-refractivity contribution in [1.29, 1.82) is 0 Å². The Morgan fingerprint density at radius 2 is 1.80 bits per heavy atom. The monoisotopic (exact) mass is 344 g/mol. The topological polar surface area (TPSA) is 145 Å². The summed E-state index contributed by atoms with van der Waals surface area (Å²) in [5.74, 6) is 0.00265. The van der Waals surface area contributed by atoms with Crippen LogP contribution in [0.25, 0.3) is 0 Å². The largest absolute Gasteiger partial charge is 0.354 e. The number of nitrogens with zero attached hydrogens (tertiary/aromatic N) is 1. The molecule has 25 heavy (non-hydrogen) atoms. The first-order valence-electron chi connectivity index (χ1n) is 7.84. The fraction of sp³-hybridized carbons (Fsp3) is 0.333. The Morgan fingerprint density at radius 3 is 2.48 bits per heavy atom. The molecule has 0 saturated carbocycles. The minimum absolute atomic E-state index is 0.0134. The number of non-ortho nitro benzene ring substituents is 1. The summed E-state index contributed by atoms with van der Waals surface area (Å²) < 4.78 is 0. The number of aromatic nitrogens is 2. The lowest BCUT2D eigenvalue weighted by Crippen LogP contribution is -2.47. The smallest absolute Gasteiger partial charge is 0.327 e. The molecule has 10 heteroatoms. The molecule has 2 aliphatic rings. The number of hydrazine groups is 1. The molecule has 1 aromatic carbocycles. The molecule has 2 aliphatic heterocycles. The first kappa shape index (κ1) is 15.5. The van der Waals surface area contributed by atoms with Crippen molar-refractivity contribution in [2.45, 2.75) is 25.0 Å². The summed E-state index contributed by atoms with van der Waals surface area (Å²) in [5.41, 5.74) is 6.38. The molecule has 3 heterocycles. The maximum atomic E-state index is 12.5. The predicted molar refractivity (Wildman–Crippen MR) is 89.3 cm³/mol. The van der Waals surface area contributed by atoms with Gasteiger partial charge in [0.05, 0.1) is 16.7 Å². The normalized spacial score (nSPS) is 27.2. The molecule has 2 aromatic rings. The highest BCUT2D eigenvalue weighted by molar-refractivity contribution is 5.54. The van der Waals surface area contributed by atoms with Crippen LogP contribution in [-0.4, -0.2) is 27.1 Å². The van der Waals surface area contributed by atoms with Crippen LogP contribution in [0.2, 0.25) is 0 Å². The SMILES string of the molecule is CC1NNC2Nc3[nH]c(=O)[nH]c(=O)c3C(c3ccc([N+](=O)[O-])cc3)C12. The van der Waals surface area contributed by atoms with Crippen LogP contribution in [0.5, 0.6) is 0 Å². The van der Waals surface area contributed by atoms with Crippen molar-refractivity contribution in [2.24, 2.45) is 5.92 Å². The van der Waals surface area contributed by atoms with E-state index in [1.165, 1.54) is 12.1 Å². The van der Waals surface area contributed by atoms with E-state index in [0.717, 1.165) is 5.56 Å². The molecule has 0 bridgehead atoms. The zero-order valence-corrected chi connectivity index (χ0v) is 13.2. The maximum absolute atomic E-state index is 12.5. The third-order valence-electron chi connectivity index (χ3n) is 4.87. The number of nitro benzene ring substituents is 1. The van der Waals surface area contributed by atoms with Gasteiger partial charge >= 0.3 is 5.69 Å². The van der Waals surface area contributed by atoms with E-state index in [4.69, 9.17) is 0 Å². The van der Waals surface area contributed by atoms with Crippen molar-refractivity contribution in [3.63, 3.8) is 0 Å². The van der Waals surface area contributed by atoms with E-state index >= 15 is 0 Å². The quantitative estimate of drug-likeness (QED) is 0.380. The van der Waals surface area contributed by atoms with Gasteiger partial charge in [0.15, 0.2) is 0 Å². The van der Waals surface area contributed by atoms with Crippen molar-refractivity contribution in [2.75, 3.05) is 5.32 Å². The summed E-state index contributed by atoms with van der Waals surface area (Å²) in [4.78, 5) is 39.4. The van der Waals surface area contributed by atoms with E-state index in [-0.39, 0.29) is 29.7 Å². The summed E-state index contributed by atoms with van der Waals surface area (Å²) in [5, 5.41) is 14.0. The molecule has 4 rings (SSSR count). The molecule has 10 nitrogen and oxygen atoms in total. The molecule has 1 fully saturated rings. The summed E-state index contributed by atoms with van der Waals surface area (Å²) >= 11 is 0. The second-order valence-corrected chi connectivity index (χ2v) is 6.30. The molecular weight excluding hydrogens is 328 g/mol. The fourth-order valence-electron chi connectivity index (χ4n) is 3.76. The molecule has 0 aliphatic carbocycles. The van der Waals surface area contributed by atoms with Gasteiger partial charge in [-0.15, -0.1) is 0 Å². The molecule has 1 aromatic heterocycles. The van der Waals surface area contributed by atoms with Crippen LogP contribution in [0, 0.1) is 16.0 Å². The van der Waals surface area contributed by atoms with Crippen LogP contribution in [-0.2, 0) is 0 Å². The third kappa shape index (κ3) is 2.42. The average Bonchev–Trinajstić information content (AvgIpc) is 2.93. The first-order chi connectivity index (χ1) is 12.0. The Kier molecular flexibility index (Phi) is 3.44. The lowest BCUT2D eigenvalue weighted by atomic mass is 9.75. The predicted octanol–water partition coefficient (Wildman–Crippen LogP) is -0.0326. The highest BCUT2D eigenvalue weighted by Crippen LogP contribution is 2.42. The van der Waals surface area contributed by atoms with Gasteiger partial charge in [-0.1, -0.05) is 12.1 Å². The zero-order valence-electron chi connectivity index (χ0n) is 13.2. The van der Waals surface area contributed by atoms with Gasteiger partial charge in [-0.05, 0) is 12.5 Å². The molecule has 0 radical (unpaired) electrons. The highest BCUT2D eigenvalue weighted by atomic mass is 16.6. The zero-order chi connectivity index (χ0) is 17.7. The Morgan fingerprint density at radius 1 is 1.08 bits per heavy atom. The van der Waals surface area contributed by atoms with Gasteiger partial charge < -0.3 is 5.32 Å². The molecule has 0 spiro atoms. The van der Waals surface area contributed by atoms with E-state index in [9.17, 15) is 19.7 Å². The van der Waals surface area contributed by atoms with E-state index in [0.29, 0.717) is 11.4 Å².